The number of amides is 1. The number of nitrogens with zero attached hydrogens (tertiary/aromatic N) is 2. The Bertz CT molecular complexity index is 885. The Morgan fingerprint density at radius 2 is 1.93 bits per heavy atom. The molecule has 140 valence electrons. The third-order valence-electron chi connectivity index (χ3n) is 5.18. The van der Waals surface area contributed by atoms with Crippen LogP contribution in [0.5, 0.6) is 5.75 Å². The first kappa shape index (κ1) is 18.2. The molecular formula is C19H17Cl2N3O3. The van der Waals surface area contributed by atoms with Crippen LogP contribution in [0.2, 0.25) is 10.0 Å². The van der Waals surface area contributed by atoms with Crippen LogP contribution in [0.25, 0.3) is 0 Å². The predicted octanol–water partition coefficient (Wildman–Crippen LogP) is 3.47. The third kappa shape index (κ3) is 3.64. The molecule has 8 heteroatoms. The maximum atomic E-state index is 12.3. The molecule has 0 radical (unpaired) electrons. The largest absolute Gasteiger partial charge is 0.486 e. The Morgan fingerprint density at radius 1 is 1.15 bits per heavy atom. The number of ether oxygens (including phenoxy) is 1. The second-order valence-corrected chi connectivity index (χ2v) is 8.25. The fraction of sp³-hybridized carbons (Fsp3) is 0.368. The molecule has 3 fully saturated rings. The first-order valence-corrected chi connectivity index (χ1v) is 9.33. The second-order valence-electron chi connectivity index (χ2n) is 7.44. The van der Waals surface area contributed by atoms with E-state index in [-0.39, 0.29) is 29.3 Å². The van der Waals surface area contributed by atoms with Gasteiger partial charge in [-0.15, -0.1) is 0 Å². The molecule has 2 aromatic rings. The van der Waals surface area contributed by atoms with E-state index in [9.17, 15) is 9.59 Å². The number of halogens is 2. The lowest BCUT2D eigenvalue weighted by atomic mass is 9.38. The van der Waals surface area contributed by atoms with E-state index >= 15 is 0 Å². The summed E-state index contributed by atoms with van der Waals surface area (Å²) >= 11 is 11.8. The van der Waals surface area contributed by atoms with Gasteiger partial charge in [-0.25, -0.2) is 4.98 Å². The van der Waals surface area contributed by atoms with Gasteiger partial charge in [0.05, 0.1) is 16.2 Å². The summed E-state index contributed by atoms with van der Waals surface area (Å²) in [5, 5.41) is 3.86. The molecule has 3 saturated carbocycles. The minimum atomic E-state index is -0.217. The van der Waals surface area contributed by atoms with Crippen molar-refractivity contribution < 1.29 is 14.3 Å². The fourth-order valence-electron chi connectivity index (χ4n) is 4.24. The van der Waals surface area contributed by atoms with E-state index in [4.69, 9.17) is 27.9 Å². The molecule has 1 aromatic carbocycles. The minimum Gasteiger partial charge on any atom is -0.486 e. The summed E-state index contributed by atoms with van der Waals surface area (Å²) in [7, 11) is 0. The monoisotopic (exact) mass is 405 g/mol. The minimum absolute atomic E-state index is 0.00131. The number of nitrogens with one attached hydrogen (secondary N) is 1. The lowest BCUT2D eigenvalue weighted by Gasteiger charge is -2.70. The van der Waals surface area contributed by atoms with Crippen molar-refractivity contribution in [3.05, 3.63) is 52.5 Å². The van der Waals surface area contributed by atoms with Gasteiger partial charge in [0, 0.05) is 30.4 Å². The van der Waals surface area contributed by atoms with Crippen LogP contribution < -0.4 is 10.1 Å². The molecule has 0 unspecified atom stereocenters. The van der Waals surface area contributed by atoms with Crippen molar-refractivity contribution in [3.63, 3.8) is 0 Å². The Kier molecular flexibility index (Phi) is 4.56. The number of hydrogen-bond donors (Lipinski definition) is 1. The first-order chi connectivity index (χ1) is 12.9. The molecule has 5 rings (SSSR count). The van der Waals surface area contributed by atoms with Crippen LogP contribution in [0.1, 0.15) is 36.2 Å². The Morgan fingerprint density at radius 3 is 2.59 bits per heavy atom. The van der Waals surface area contributed by atoms with Gasteiger partial charge in [0.1, 0.15) is 18.1 Å². The Hall–Kier alpha value is -2.18. The molecule has 1 amide bonds. The van der Waals surface area contributed by atoms with E-state index in [0.29, 0.717) is 27.9 Å². The number of benzene rings is 1. The highest BCUT2D eigenvalue weighted by atomic mass is 35.5. The summed E-state index contributed by atoms with van der Waals surface area (Å²) in [4.78, 5) is 32.4. The zero-order chi connectivity index (χ0) is 19.1. The highest BCUT2D eigenvalue weighted by molar-refractivity contribution is 6.42. The topological polar surface area (TPSA) is 81.2 Å². The van der Waals surface area contributed by atoms with Crippen molar-refractivity contribution in [2.75, 3.05) is 6.61 Å². The lowest BCUT2D eigenvalue weighted by Crippen LogP contribution is -2.75. The third-order valence-corrected chi connectivity index (χ3v) is 5.92. The van der Waals surface area contributed by atoms with Gasteiger partial charge in [-0.05, 0) is 36.8 Å². The summed E-state index contributed by atoms with van der Waals surface area (Å²) < 4.78 is 5.51. The maximum absolute atomic E-state index is 12.3. The summed E-state index contributed by atoms with van der Waals surface area (Å²) in [5.74, 6) is 0.336. The number of hydrogen-bond acceptors (Lipinski definition) is 5. The lowest BCUT2D eigenvalue weighted by molar-refractivity contribution is -0.162. The van der Waals surface area contributed by atoms with Crippen molar-refractivity contribution in [1.82, 2.24) is 15.3 Å². The molecule has 2 bridgehead atoms. The summed E-state index contributed by atoms with van der Waals surface area (Å²) in [6, 6.07) is 4.91. The van der Waals surface area contributed by atoms with Crippen molar-refractivity contribution in [1.29, 1.82) is 0 Å². The molecule has 1 N–H and O–H groups in total. The van der Waals surface area contributed by atoms with Gasteiger partial charge in [-0.1, -0.05) is 23.2 Å². The molecular weight excluding hydrogens is 389 g/mol. The summed E-state index contributed by atoms with van der Waals surface area (Å²) in [5.41, 5.74) is 0.107. The Labute approximate surface area is 166 Å². The molecule has 3 aliphatic carbocycles. The highest BCUT2D eigenvalue weighted by Crippen LogP contribution is 2.69. The quantitative estimate of drug-likeness (QED) is 0.762. The molecule has 6 nitrogen and oxygen atoms in total. The molecule has 27 heavy (non-hydrogen) atoms. The number of carbonyl (C=O) groups excluding carboxylic acids is 2. The SMILES string of the molecule is O=C(COc1ccc(Cl)c(Cl)c1)CC12CC(NC(=O)c3cnccn3)(C1)C2. The standard InChI is InChI=1S/C19H17Cl2N3O3/c20-14-2-1-13(5-15(14)21)27-8-12(25)6-18-9-19(10-18,11-18)24-17(26)16-7-22-3-4-23-16/h1-5,7H,6,8-11H2,(H,24,26). The number of Topliss-reactive ketones (excluding diaryl/α,β-unsaturated/α-hetero) is 1. The van der Waals surface area contributed by atoms with Gasteiger partial charge >= 0.3 is 0 Å². The molecule has 3 aliphatic rings. The van der Waals surface area contributed by atoms with Crippen LogP contribution in [-0.4, -0.2) is 33.8 Å². The summed E-state index contributed by atoms with van der Waals surface area (Å²) in [6.45, 7) is -0.00131. The van der Waals surface area contributed by atoms with Gasteiger partial charge in [-0.2, -0.15) is 0 Å². The van der Waals surface area contributed by atoms with Crippen LogP contribution in [0, 0.1) is 5.41 Å². The average Bonchev–Trinajstić information content (AvgIpc) is 2.60. The van der Waals surface area contributed by atoms with Crippen molar-refractivity contribution in [2.45, 2.75) is 31.2 Å². The fourth-order valence-corrected chi connectivity index (χ4v) is 4.53. The number of ketones is 1. The van der Waals surface area contributed by atoms with Crippen molar-refractivity contribution >= 4 is 34.9 Å². The number of rotatable bonds is 7. The van der Waals surface area contributed by atoms with Crippen LogP contribution in [-0.2, 0) is 4.79 Å². The van der Waals surface area contributed by atoms with Gasteiger partial charge < -0.3 is 10.1 Å². The molecule has 1 heterocycles. The number of carbonyl (C=O) groups is 2. The molecule has 0 spiro atoms. The summed E-state index contributed by atoms with van der Waals surface area (Å²) in [6.07, 6.45) is 7.35. The second kappa shape index (κ2) is 6.77. The van der Waals surface area contributed by atoms with Gasteiger partial charge in [0.2, 0.25) is 0 Å². The first-order valence-electron chi connectivity index (χ1n) is 8.57. The van der Waals surface area contributed by atoms with Gasteiger partial charge in [-0.3, -0.25) is 14.6 Å². The van der Waals surface area contributed by atoms with Crippen LogP contribution in [0.3, 0.4) is 0 Å². The predicted molar refractivity (Wildman–Crippen MR) is 100 cm³/mol. The molecule has 0 aliphatic heterocycles. The zero-order valence-corrected chi connectivity index (χ0v) is 15.9. The maximum Gasteiger partial charge on any atom is 0.271 e. The van der Waals surface area contributed by atoms with Crippen molar-refractivity contribution in [2.24, 2.45) is 5.41 Å². The van der Waals surface area contributed by atoms with E-state index in [1.165, 1.54) is 18.6 Å². The normalized spacial score (nSPS) is 25.1. The van der Waals surface area contributed by atoms with E-state index in [1.54, 1.807) is 18.2 Å². The molecule has 0 atom stereocenters. The van der Waals surface area contributed by atoms with Crippen LogP contribution in [0.15, 0.2) is 36.8 Å². The van der Waals surface area contributed by atoms with Gasteiger partial charge in [0.15, 0.2) is 5.78 Å². The van der Waals surface area contributed by atoms with Crippen LogP contribution in [0.4, 0.5) is 0 Å². The zero-order valence-electron chi connectivity index (χ0n) is 14.4. The average molecular weight is 406 g/mol. The van der Waals surface area contributed by atoms with E-state index < -0.39 is 0 Å². The highest BCUT2D eigenvalue weighted by Gasteiger charge is 2.68. The van der Waals surface area contributed by atoms with Gasteiger partial charge in [0.25, 0.3) is 5.91 Å². The van der Waals surface area contributed by atoms with Crippen molar-refractivity contribution in [3.8, 4) is 5.75 Å². The smallest absolute Gasteiger partial charge is 0.271 e. The van der Waals surface area contributed by atoms with E-state index in [0.717, 1.165) is 19.3 Å². The van der Waals surface area contributed by atoms with E-state index in [1.807, 2.05) is 0 Å². The number of aromatic nitrogens is 2. The molecule has 0 saturated heterocycles. The van der Waals surface area contributed by atoms with Crippen LogP contribution >= 0.6 is 23.2 Å². The van der Waals surface area contributed by atoms with E-state index in [2.05, 4.69) is 15.3 Å². The Balaban J connectivity index is 1.24. The molecule has 1 aromatic heterocycles.